The molecule has 0 radical (unpaired) electrons. The molecule has 0 aliphatic rings. The first-order valence-electron chi connectivity index (χ1n) is 4.43. The van der Waals surface area contributed by atoms with E-state index in [1.165, 1.54) is 5.56 Å². The molecule has 0 aromatic heterocycles. The number of hydrogen-bond donors (Lipinski definition) is 0. The zero-order valence-corrected chi connectivity index (χ0v) is 8.78. The summed E-state index contributed by atoms with van der Waals surface area (Å²) < 4.78 is 0.612. The molecule has 1 aromatic rings. The van der Waals surface area contributed by atoms with Crippen molar-refractivity contribution in [1.82, 2.24) is 0 Å². The number of hydrogen-bond acceptors (Lipinski definition) is 1. The molecule has 0 bridgehead atoms. The van der Waals surface area contributed by atoms with Crippen molar-refractivity contribution in [3.8, 4) is 0 Å². The molecule has 1 aromatic carbocycles. The monoisotopic (exact) mass is 177 g/mol. The van der Waals surface area contributed by atoms with Crippen LogP contribution in [-0.4, -0.2) is 31.4 Å². The molecule has 2 nitrogen and oxygen atoms in total. The fraction of sp³-hybridized carbons (Fsp3) is 0.364. The Balaban J connectivity index is 2.92. The Labute approximate surface area is 80.1 Å². The normalized spacial score (nSPS) is 13.1. The van der Waals surface area contributed by atoms with Crippen LogP contribution in [0, 0.1) is 0 Å². The minimum Gasteiger partial charge on any atom is -0.205 e. The third-order valence-corrected chi connectivity index (χ3v) is 1.64. The van der Waals surface area contributed by atoms with Gasteiger partial charge in [-0.3, -0.25) is 0 Å². The van der Waals surface area contributed by atoms with Crippen molar-refractivity contribution >= 4 is 5.71 Å². The van der Waals surface area contributed by atoms with Gasteiger partial charge in [-0.25, -0.2) is 4.59 Å². The fourth-order valence-electron chi connectivity index (χ4n) is 1.19. The van der Waals surface area contributed by atoms with Crippen LogP contribution in [0.25, 0.3) is 0 Å². The van der Waals surface area contributed by atoms with Crippen LogP contribution in [0.15, 0.2) is 35.4 Å². The van der Waals surface area contributed by atoms with Crippen LogP contribution >= 0.6 is 0 Å². The van der Waals surface area contributed by atoms with Crippen LogP contribution in [-0.2, 0) is 0 Å². The molecule has 0 fully saturated rings. The first kappa shape index (κ1) is 9.93. The second kappa shape index (κ2) is 3.71. The number of rotatable bonds is 2. The number of benzene rings is 1. The van der Waals surface area contributed by atoms with E-state index in [0.717, 1.165) is 5.71 Å². The van der Waals surface area contributed by atoms with E-state index >= 15 is 0 Å². The lowest BCUT2D eigenvalue weighted by Crippen LogP contribution is -2.28. The standard InChI is InChI=1S/C11H17N2/c1-10(12-13(2,3)4)11-8-6-5-7-9-11/h5-9H,1-4H3/q+1/b12-10+. The molecule has 0 amide bonds. The summed E-state index contributed by atoms with van der Waals surface area (Å²) in [5, 5.41) is 4.53. The van der Waals surface area contributed by atoms with Crippen LogP contribution < -0.4 is 0 Å². The average Bonchev–Trinajstić information content (AvgIpc) is 2.03. The molecule has 0 heterocycles. The van der Waals surface area contributed by atoms with Crippen molar-refractivity contribution in [3.63, 3.8) is 0 Å². The highest BCUT2D eigenvalue weighted by molar-refractivity contribution is 5.98. The molecule has 0 aliphatic heterocycles. The minimum absolute atomic E-state index is 0.612. The summed E-state index contributed by atoms with van der Waals surface area (Å²) in [4.78, 5) is 0. The summed E-state index contributed by atoms with van der Waals surface area (Å²) in [6.07, 6.45) is 0. The van der Waals surface area contributed by atoms with Crippen LogP contribution in [0.5, 0.6) is 0 Å². The van der Waals surface area contributed by atoms with Crippen molar-refractivity contribution in [3.05, 3.63) is 35.9 Å². The molecule has 2 heteroatoms. The average molecular weight is 177 g/mol. The Morgan fingerprint density at radius 3 is 2.08 bits per heavy atom. The Bertz CT molecular complexity index is 294. The zero-order valence-electron chi connectivity index (χ0n) is 8.78. The summed E-state index contributed by atoms with van der Waals surface area (Å²) in [6.45, 7) is 2.04. The molecule has 0 atom stereocenters. The van der Waals surface area contributed by atoms with Crippen molar-refractivity contribution in [2.75, 3.05) is 21.1 Å². The maximum Gasteiger partial charge on any atom is 0.0999 e. The largest absolute Gasteiger partial charge is 0.205 e. The first-order chi connectivity index (χ1) is 5.99. The molecule has 0 N–H and O–H groups in total. The van der Waals surface area contributed by atoms with E-state index in [2.05, 4.69) is 17.2 Å². The van der Waals surface area contributed by atoms with E-state index in [1.807, 2.05) is 46.3 Å². The van der Waals surface area contributed by atoms with E-state index in [0.29, 0.717) is 4.59 Å². The van der Waals surface area contributed by atoms with Gasteiger partial charge in [0, 0.05) is 5.56 Å². The lowest BCUT2D eigenvalue weighted by atomic mass is 10.1. The molecule has 0 aliphatic carbocycles. The molecule has 0 saturated heterocycles. The predicted molar refractivity (Wildman–Crippen MR) is 56.7 cm³/mol. The predicted octanol–water partition coefficient (Wildman–Crippen LogP) is 2.12. The zero-order chi connectivity index (χ0) is 9.90. The Morgan fingerprint density at radius 1 is 1.08 bits per heavy atom. The van der Waals surface area contributed by atoms with Crippen molar-refractivity contribution in [2.24, 2.45) is 5.10 Å². The molecule has 13 heavy (non-hydrogen) atoms. The summed E-state index contributed by atoms with van der Waals surface area (Å²) in [6, 6.07) is 10.2. The second-order valence-electron chi connectivity index (χ2n) is 3.99. The van der Waals surface area contributed by atoms with Crippen LogP contribution in [0.2, 0.25) is 0 Å². The topological polar surface area (TPSA) is 12.4 Å². The van der Waals surface area contributed by atoms with Gasteiger partial charge in [0.25, 0.3) is 0 Å². The van der Waals surface area contributed by atoms with Crippen LogP contribution in [0.3, 0.4) is 0 Å². The van der Waals surface area contributed by atoms with Gasteiger partial charge in [-0.2, -0.15) is 0 Å². The van der Waals surface area contributed by atoms with Gasteiger partial charge < -0.3 is 0 Å². The SMILES string of the molecule is C/C(=N\[N+](C)(C)C)c1ccccc1. The van der Waals surface area contributed by atoms with E-state index in [4.69, 9.17) is 0 Å². The minimum atomic E-state index is 0.612. The summed E-state index contributed by atoms with van der Waals surface area (Å²) in [7, 11) is 6.14. The Hall–Kier alpha value is -1.15. The van der Waals surface area contributed by atoms with Gasteiger partial charge in [0.05, 0.1) is 26.9 Å². The molecule has 1 rings (SSSR count). The van der Waals surface area contributed by atoms with E-state index in [-0.39, 0.29) is 0 Å². The van der Waals surface area contributed by atoms with E-state index in [1.54, 1.807) is 0 Å². The van der Waals surface area contributed by atoms with Crippen molar-refractivity contribution in [2.45, 2.75) is 6.92 Å². The van der Waals surface area contributed by atoms with E-state index in [9.17, 15) is 0 Å². The lowest BCUT2D eigenvalue weighted by molar-refractivity contribution is -0.877. The molecule has 0 spiro atoms. The Morgan fingerprint density at radius 2 is 1.62 bits per heavy atom. The number of quaternary nitrogens is 1. The summed E-state index contributed by atoms with van der Waals surface area (Å²) in [5.74, 6) is 0. The highest BCUT2D eigenvalue weighted by Gasteiger charge is 2.06. The first-order valence-corrected chi connectivity index (χ1v) is 4.43. The van der Waals surface area contributed by atoms with E-state index < -0.39 is 0 Å². The van der Waals surface area contributed by atoms with Gasteiger partial charge in [-0.1, -0.05) is 35.4 Å². The summed E-state index contributed by atoms with van der Waals surface area (Å²) in [5.41, 5.74) is 2.27. The van der Waals surface area contributed by atoms with Gasteiger partial charge in [0.1, 0.15) is 0 Å². The van der Waals surface area contributed by atoms with Gasteiger partial charge in [0.2, 0.25) is 0 Å². The van der Waals surface area contributed by atoms with Crippen molar-refractivity contribution in [1.29, 1.82) is 0 Å². The summed E-state index contributed by atoms with van der Waals surface area (Å²) >= 11 is 0. The molecule has 0 saturated carbocycles. The maximum absolute atomic E-state index is 4.53. The molecular formula is C11H17N2+. The third-order valence-electron chi connectivity index (χ3n) is 1.64. The second-order valence-corrected chi connectivity index (χ2v) is 3.99. The van der Waals surface area contributed by atoms with Gasteiger partial charge in [-0.05, 0) is 6.92 Å². The van der Waals surface area contributed by atoms with Crippen LogP contribution in [0.1, 0.15) is 12.5 Å². The van der Waals surface area contributed by atoms with Crippen LogP contribution in [0.4, 0.5) is 0 Å². The highest BCUT2D eigenvalue weighted by Crippen LogP contribution is 2.03. The van der Waals surface area contributed by atoms with Gasteiger partial charge in [-0.15, -0.1) is 0 Å². The Kier molecular flexibility index (Phi) is 2.83. The number of nitrogens with zero attached hydrogens (tertiary/aromatic N) is 2. The molecule has 70 valence electrons. The third kappa shape index (κ3) is 3.38. The van der Waals surface area contributed by atoms with Gasteiger partial charge >= 0.3 is 0 Å². The fourth-order valence-corrected chi connectivity index (χ4v) is 1.19. The maximum atomic E-state index is 4.53. The van der Waals surface area contributed by atoms with Gasteiger partial charge in [0.15, 0.2) is 0 Å². The van der Waals surface area contributed by atoms with Crippen molar-refractivity contribution < 1.29 is 4.59 Å². The molecular weight excluding hydrogens is 160 g/mol. The highest BCUT2D eigenvalue weighted by atomic mass is 15.6. The lowest BCUT2D eigenvalue weighted by Gasteiger charge is -2.16. The molecule has 0 unspecified atom stereocenters. The quantitative estimate of drug-likeness (QED) is 0.373. The smallest absolute Gasteiger partial charge is 0.0999 e.